The summed E-state index contributed by atoms with van der Waals surface area (Å²) in [5.41, 5.74) is 1.40. The highest BCUT2D eigenvalue weighted by molar-refractivity contribution is 7.93. The molecule has 9 N–H and O–H groups in total. The molecule has 0 unspecified atom stereocenters. The molecule has 1 saturated carbocycles. The molecule has 5 rings (SSSR count). The highest BCUT2D eigenvalue weighted by Crippen LogP contribution is 2.30. The molecule has 40 heavy (non-hydrogen) atoms. The first-order valence-electron chi connectivity index (χ1n) is 11.7. The Morgan fingerprint density at radius 3 is 2.02 bits per heavy atom. The maximum Gasteiger partial charge on any atom is 0.394 e. The molecule has 14 nitrogen and oxygen atoms in total. The molecule has 1 saturated heterocycles. The van der Waals surface area contributed by atoms with Crippen molar-refractivity contribution in [2.45, 2.75) is 17.7 Å². The van der Waals surface area contributed by atoms with E-state index < -0.39 is 20.4 Å². The smallest absolute Gasteiger partial charge is 0.394 e. The normalized spacial score (nSPS) is 15.4. The molecular weight excluding hydrogens is 568 g/mol. The van der Waals surface area contributed by atoms with E-state index in [0.717, 1.165) is 44.0 Å². The second-order valence-electron chi connectivity index (χ2n) is 9.00. The van der Waals surface area contributed by atoms with Gasteiger partial charge >= 0.3 is 10.4 Å². The molecule has 2 fully saturated rings. The summed E-state index contributed by atoms with van der Waals surface area (Å²) in [4.78, 5) is 21.5. The molecule has 0 bridgehead atoms. The summed E-state index contributed by atoms with van der Waals surface area (Å²) >= 11 is 0. The summed E-state index contributed by atoms with van der Waals surface area (Å²) in [5.74, 6) is 0.849. The van der Waals surface area contributed by atoms with Crippen molar-refractivity contribution in [3.05, 3.63) is 66.4 Å². The second kappa shape index (κ2) is 14.4. The Morgan fingerprint density at radius 2 is 1.45 bits per heavy atom. The molecule has 16 heteroatoms. The molecule has 0 atom stereocenters. The number of fused-ring (bicyclic) bond motifs is 1. The topological polar surface area (TPSA) is 252 Å². The van der Waals surface area contributed by atoms with Crippen LogP contribution in [0.3, 0.4) is 0 Å². The van der Waals surface area contributed by atoms with Crippen molar-refractivity contribution in [2.24, 2.45) is 5.92 Å². The van der Waals surface area contributed by atoms with Crippen LogP contribution in [-0.4, -0.2) is 95.8 Å². The van der Waals surface area contributed by atoms with Crippen LogP contribution in [0.4, 0.5) is 5.69 Å². The summed E-state index contributed by atoms with van der Waals surface area (Å²) in [6.45, 7) is 4.45. The average molecular weight is 603 g/mol. The van der Waals surface area contributed by atoms with Crippen molar-refractivity contribution in [3.8, 4) is 0 Å². The fourth-order valence-corrected chi connectivity index (χ4v) is 5.40. The number of sulfonamides is 1. The Bertz CT molecular complexity index is 1460. The molecule has 2 heterocycles. The fraction of sp³-hybridized carbons (Fsp3) is 0.333. The van der Waals surface area contributed by atoms with E-state index in [4.69, 9.17) is 17.5 Å². The van der Waals surface area contributed by atoms with Gasteiger partial charge in [-0.15, -0.1) is 0 Å². The lowest BCUT2D eigenvalue weighted by Gasteiger charge is -2.34. The summed E-state index contributed by atoms with van der Waals surface area (Å²) < 4.78 is 60.1. The van der Waals surface area contributed by atoms with Gasteiger partial charge in [0.2, 0.25) is 0 Å². The third-order valence-electron chi connectivity index (χ3n) is 6.14. The number of nitrogens with one attached hydrogen (secondary N) is 1. The van der Waals surface area contributed by atoms with Crippen molar-refractivity contribution in [1.82, 2.24) is 14.8 Å². The minimum absolute atomic E-state index is 0. The van der Waals surface area contributed by atoms with Gasteiger partial charge in [-0.3, -0.25) is 28.5 Å². The molecule has 3 aromatic rings. The SMILES string of the molecule is O.O.O.O=C(c1ccc(NS(=O)(=O)c2cccc3cccnc23)cc1)N1CCN(CC2CC2)CC1.O=S(=O)(O)O. The Labute approximate surface area is 232 Å². The first-order chi connectivity index (χ1) is 17.5. The standard InChI is InChI=1S/C24H26N4O3S.H2O4S.3H2O/c29-24(28-15-13-27(14-16-28)17-18-6-7-18)20-8-10-21(11-9-20)26-32(30,31)22-5-1-3-19-4-2-12-25-23(19)22;1-5(2,3)4;;;/h1-5,8-12,18,26H,6-7,13-17H2;(H2,1,2,3,4);3*1H2. The van der Waals surface area contributed by atoms with Crippen LogP contribution in [0, 0.1) is 5.92 Å². The average Bonchev–Trinajstić information content (AvgIpc) is 3.67. The maximum absolute atomic E-state index is 13.0. The molecule has 2 aromatic carbocycles. The van der Waals surface area contributed by atoms with Gasteiger partial charge in [0.15, 0.2) is 0 Å². The number of pyridine rings is 1. The zero-order valence-corrected chi connectivity index (χ0v) is 23.0. The van der Waals surface area contributed by atoms with Crippen LogP contribution in [0.1, 0.15) is 23.2 Å². The fourth-order valence-electron chi connectivity index (χ4n) is 4.17. The molecule has 0 radical (unpaired) electrons. The summed E-state index contributed by atoms with van der Waals surface area (Å²) in [6.07, 6.45) is 4.26. The number of nitrogens with zero attached hydrogens (tertiary/aromatic N) is 3. The van der Waals surface area contributed by atoms with Gasteiger partial charge < -0.3 is 21.3 Å². The molecule has 0 spiro atoms. The van der Waals surface area contributed by atoms with Gasteiger partial charge in [-0.25, -0.2) is 8.42 Å². The largest absolute Gasteiger partial charge is 0.412 e. The monoisotopic (exact) mass is 602 g/mol. The lowest BCUT2D eigenvalue weighted by molar-refractivity contribution is 0.0632. The van der Waals surface area contributed by atoms with E-state index in [1.807, 2.05) is 17.0 Å². The number of carbonyl (C=O) groups excluding carboxylic acids is 1. The van der Waals surface area contributed by atoms with Crippen LogP contribution in [0.5, 0.6) is 0 Å². The van der Waals surface area contributed by atoms with E-state index in [2.05, 4.69) is 14.6 Å². The number of para-hydroxylation sites is 1. The lowest BCUT2D eigenvalue weighted by Crippen LogP contribution is -2.49. The molecule has 222 valence electrons. The van der Waals surface area contributed by atoms with Crippen LogP contribution in [-0.2, 0) is 20.4 Å². The quantitative estimate of drug-likeness (QED) is 0.322. The minimum atomic E-state index is -4.67. The minimum Gasteiger partial charge on any atom is -0.412 e. The highest BCUT2D eigenvalue weighted by atomic mass is 32.3. The van der Waals surface area contributed by atoms with Crippen molar-refractivity contribution in [3.63, 3.8) is 0 Å². The molecule has 1 aromatic heterocycles. The molecular formula is C24H34N4O10S2. The van der Waals surface area contributed by atoms with E-state index in [1.54, 1.807) is 48.7 Å². The van der Waals surface area contributed by atoms with Crippen molar-refractivity contribution in [1.29, 1.82) is 0 Å². The Morgan fingerprint density at radius 1 is 0.875 bits per heavy atom. The number of amides is 1. The third-order valence-corrected chi connectivity index (χ3v) is 7.55. The zero-order chi connectivity index (χ0) is 26.6. The van der Waals surface area contributed by atoms with Crippen LogP contribution in [0.25, 0.3) is 10.9 Å². The van der Waals surface area contributed by atoms with Gasteiger partial charge in [0.05, 0.1) is 5.52 Å². The van der Waals surface area contributed by atoms with Gasteiger partial charge in [0.1, 0.15) is 4.90 Å². The number of hydrogen-bond acceptors (Lipinski definition) is 7. The number of aromatic nitrogens is 1. The Balaban J connectivity index is 0.000000923. The van der Waals surface area contributed by atoms with Crippen molar-refractivity contribution in [2.75, 3.05) is 37.4 Å². The van der Waals surface area contributed by atoms with E-state index in [1.165, 1.54) is 12.8 Å². The van der Waals surface area contributed by atoms with E-state index in [-0.39, 0.29) is 27.2 Å². The second-order valence-corrected chi connectivity index (χ2v) is 11.5. The number of carbonyl (C=O) groups is 1. The van der Waals surface area contributed by atoms with Gasteiger partial charge in [-0.1, -0.05) is 18.2 Å². The predicted molar refractivity (Wildman–Crippen MR) is 149 cm³/mol. The summed E-state index contributed by atoms with van der Waals surface area (Å²) in [5, 5.41) is 0.758. The van der Waals surface area contributed by atoms with Crippen molar-refractivity contribution < 1.29 is 47.2 Å². The van der Waals surface area contributed by atoms with Crippen LogP contribution >= 0.6 is 0 Å². The summed E-state index contributed by atoms with van der Waals surface area (Å²) in [7, 11) is -8.48. The van der Waals surface area contributed by atoms with Crippen LogP contribution in [0.2, 0.25) is 0 Å². The highest BCUT2D eigenvalue weighted by Gasteiger charge is 2.28. The van der Waals surface area contributed by atoms with Gasteiger partial charge in [-0.2, -0.15) is 8.42 Å². The number of piperazine rings is 1. The molecule has 1 aliphatic carbocycles. The Kier molecular flexibility index (Phi) is 12.6. The number of benzene rings is 2. The van der Waals surface area contributed by atoms with Crippen LogP contribution < -0.4 is 4.72 Å². The lowest BCUT2D eigenvalue weighted by atomic mass is 10.1. The molecule has 2 aliphatic rings. The predicted octanol–water partition coefficient (Wildman–Crippen LogP) is 0.0765. The van der Waals surface area contributed by atoms with E-state index in [9.17, 15) is 13.2 Å². The third kappa shape index (κ3) is 9.76. The number of hydrogen-bond donors (Lipinski definition) is 3. The first-order valence-corrected chi connectivity index (χ1v) is 14.6. The Hall–Kier alpha value is -3.22. The molecule has 1 amide bonds. The van der Waals surface area contributed by atoms with Gasteiger partial charge in [0.25, 0.3) is 15.9 Å². The first kappa shape index (κ1) is 34.8. The van der Waals surface area contributed by atoms with Gasteiger partial charge in [0, 0.05) is 55.6 Å². The van der Waals surface area contributed by atoms with Crippen molar-refractivity contribution >= 4 is 42.9 Å². The van der Waals surface area contributed by atoms with E-state index >= 15 is 0 Å². The van der Waals surface area contributed by atoms with E-state index in [0.29, 0.717) is 16.8 Å². The van der Waals surface area contributed by atoms with Gasteiger partial charge in [-0.05, 0) is 55.2 Å². The molecule has 1 aliphatic heterocycles. The zero-order valence-electron chi connectivity index (χ0n) is 21.4. The van der Waals surface area contributed by atoms with Crippen LogP contribution in [0.15, 0.2) is 65.7 Å². The summed E-state index contributed by atoms with van der Waals surface area (Å²) in [6, 6.07) is 15.3. The number of anilines is 1. The number of rotatable bonds is 6. The maximum atomic E-state index is 13.0.